The fourth-order valence-electron chi connectivity index (χ4n) is 0.954. The molecule has 0 amide bonds. The number of thioether (sulfide) groups is 1. The first-order valence-electron chi connectivity index (χ1n) is 4.43. The van der Waals surface area contributed by atoms with Gasteiger partial charge in [-0.05, 0) is 18.6 Å². The van der Waals surface area contributed by atoms with Crippen molar-refractivity contribution in [2.24, 2.45) is 0 Å². The summed E-state index contributed by atoms with van der Waals surface area (Å²) >= 11 is 1.28. The van der Waals surface area contributed by atoms with E-state index in [1.807, 2.05) is 6.92 Å². The Morgan fingerprint density at radius 1 is 1.80 bits per heavy atom. The molecule has 0 bridgehead atoms. The second-order valence-corrected chi connectivity index (χ2v) is 4.05. The lowest BCUT2D eigenvalue weighted by Crippen LogP contribution is -2.00. The van der Waals surface area contributed by atoms with Crippen LogP contribution in [0.5, 0.6) is 0 Å². The van der Waals surface area contributed by atoms with Crippen molar-refractivity contribution in [3.8, 4) is 6.07 Å². The number of rotatable bonds is 4. The Kier molecular flexibility index (Phi) is 4.13. The molecule has 0 aromatic carbocycles. The van der Waals surface area contributed by atoms with Crippen LogP contribution < -0.4 is 0 Å². The zero-order valence-corrected chi connectivity index (χ0v) is 8.99. The molecule has 0 saturated heterocycles. The molecular formula is C10H10N2O2S. The predicted molar refractivity (Wildman–Crippen MR) is 56.7 cm³/mol. The molecule has 1 unspecified atom stereocenters. The van der Waals surface area contributed by atoms with Crippen molar-refractivity contribution in [3.05, 3.63) is 23.9 Å². The molecule has 0 spiro atoms. The number of nitrogens with zero attached hydrogens (tertiary/aromatic N) is 2. The summed E-state index contributed by atoms with van der Waals surface area (Å²) < 4.78 is 0. The third-order valence-electron chi connectivity index (χ3n) is 1.76. The number of nitriles is 1. The van der Waals surface area contributed by atoms with E-state index in [4.69, 9.17) is 10.4 Å². The van der Waals surface area contributed by atoms with E-state index in [9.17, 15) is 4.79 Å². The van der Waals surface area contributed by atoms with Gasteiger partial charge in [-0.25, -0.2) is 9.78 Å². The molecule has 1 heterocycles. The maximum absolute atomic E-state index is 10.7. The minimum atomic E-state index is -0.982. The molecule has 15 heavy (non-hydrogen) atoms. The van der Waals surface area contributed by atoms with Crippen molar-refractivity contribution in [1.82, 2.24) is 4.98 Å². The SMILES string of the molecule is CCC(C#N)Sc1cc(C(=O)O)ccn1. The van der Waals surface area contributed by atoms with Crippen LogP contribution in [0.3, 0.4) is 0 Å². The number of carboxylic acids is 1. The Hall–Kier alpha value is -1.54. The Morgan fingerprint density at radius 2 is 2.53 bits per heavy atom. The number of hydrogen-bond donors (Lipinski definition) is 1. The fraction of sp³-hybridized carbons (Fsp3) is 0.300. The molecule has 0 aliphatic rings. The normalized spacial score (nSPS) is 11.7. The summed E-state index contributed by atoms with van der Waals surface area (Å²) in [5.41, 5.74) is 0.195. The van der Waals surface area contributed by atoms with Gasteiger partial charge < -0.3 is 5.11 Å². The van der Waals surface area contributed by atoms with Crippen molar-refractivity contribution < 1.29 is 9.90 Å². The van der Waals surface area contributed by atoms with Crippen LogP contribution in [-0.4, -0.2) is 21.3 Å². The number of aromatic carboxylic acids is 1. The van der Waals surface area contributed by atoms with Crippen LogP contribution in [0.1, 0.15) is 23.7 Å². The van der Waals surface area contributed by atoms with E-state index < -0.39 is 5.97 Å². The average Bonchev–Trinajstić information content (AvgIpc) is 2.26. The minimum Gasteiger partial charge on any atom is -0.478 e. The Morgan fingerprint density at radius 3 is 3.07 bits per heavy atom. The van der Waals surface area contributed by atoms with Crippen molar-refractivity contribution in [2.45, 2.75) is 23.6 Å². The number of carbonyl (C=O) groups is 1. The van der Waals surface area contributed by atoms with Gasteiger partial charge in [0.25, 0.3) is 0 Å². The van der Waals surface area contributed by atoms with Gasteiger partial charge in [0, 0.05) is 6.20 Å². The summed E-state index contributed by atoms with van der Waals surface area (Å²) in [5, 5.41) is 17.9. The van der Waals surface area contributed by atoms with E-state index in [1.165, 1.54) is 30.1 Å². The summed E-state index contributed by atoms with van der Waals surface area (Å²) in [6.07, 6.45) is 2.15. The van der Waals surface area contributed by atoms with Gasteiger partial charge in [-0.2, -0.15) is 5.26 Å². The van der Waals surface area contributed by atoms with E-state index in [1.54, 1.807) is 0 Å². The average molecular weight is 222 g/mol. The molecule has 1 aromatic rings. The molecule has 0 aliphatic heterocycles. The predicted octanol–water partition coefficient (Wildman–Crippen LogP) is 2.17. The first kappa shape index (κ1) is 11.5. The molecule has 0 fully saturated rings. The highest BCUT2D eigenvalue weighted by Crippen LogP contribution is 2.23. The lowest BCUT2D eigenvalue weighted by Gasteiger charge is -2.04. The molecular weight excluding hydrogens is 212 g/mol. The smallest absolute Gasteiger partial charge is 0.335 e. The highest BCUT2D eigenvalue weighted by molar-refractivity contribution is 8.00. The van der Waals surface area contributed by atoms with Gasteiger partial charge in [0.2, 0.25) is 0 Å². The van der Waals surface area contributed by atoms with Crippen molar-refractivity contribution >= 4 is 17.7 Å². The fourth-order valence-corrected chi connectivity index (χ4v) is 1.78. The van der Waals surface area contributed by atoms with Crippen molar-refractivity contribution in [1.29, 1.82) is 5.26 Å². The van der Waals surface area contributed by atoms with Gasteiger partial charge in [-0.1, -0.05) is 18.7 Å². The summed E-state index contributed by atoms with van der Waals surface area (Å²) in [7, 11) is 0. The van der Waals surface area contributed by atoms with Crippen LogP contribution in [0.2, 0.25) is 0 Å². The van der Waals surface area contributed by atoms with Gasteiger partial charge in [-0.3, -0.25) is 0 Å². The maximum atomic E-state index is 10.7. The number of pyridine rings is 1. The van der Waals surface area contributed by atoms with E-state index in [0.717, 1.165) is 0 Å². The molecule has 1 N–H and O–H groups in total. The number of hydrogen-bond acceptors (Lipinski definition) is 4. The van der Waals surface area contributed by atoms with E-state index >= 15 is 0 Å². The van der Waals surface area contributed by atoms with Gasteiger partial charge in [-0.15, -0.1) is 0 Å². The van der Waals surface area contributed by atoms with E-state index in [0.29, 0.717) is 11.4 Å². The lowest BCUT2D eigenvalue weighted by atomic mass is 10.3. The van der Waals surface area contributed by atoms with E-state index in [-0.39, 0.29) is 10.8 Å². The zero-order valence-electron chi connectivity index (χ0n) is 8.17. The van der Waals surface area contributed by atoms with Gasteiger partial charge in [0.15, 0.2) is 0 Å². The monoisotopic (exact) mass is 222 g/mol. The van der Waals surface area contributed by atoms with Crippen LogP contribution in [0.25, 0.3) is 0 Å². The van der Waals surface area contributed by atoms with Crippen molar-refractivity contribution in [3.63, 3.8) is 0 Å². The Bertz CT molecular complexity index is 401. The molecule has 0 aliphatic carbocycles. The second-order valence-electron chi connectivity index (χ2n) is 2.83. The van der Waals surface area contributed by atoms with Crippen LogP contribution >= 0.6 is 11.8 Å². The molecule has 5 heteroatoms. The Labute approximate surface area is 91.9 Å². The standard InChI is InChI=1S/C10H10N2O2S/c1-2-8(6-11)15-9-5-7(10(13)14)3-4-12-9/h3-5,8H,2H2,1H3,(H,13,14). The quantitative estimate of drug-likeness (QED) is 0.790. The van der Waals surface area contributed by atoms with Gasteiger partial charge in [0.1, 0.15) is 0 Å². The van der Waals surface area contributed by atoms with Gasteiger partial charge in [0.05, 0.1) is 21.9 Å². The molecule has 4 nitrogen and oxygen atoms in total. The third-order valence-corrected chi connectivity index (χ3v) is 2.95. The molecule has 1 atom stereocenters. The minimum absolute atomic E-state index is 0.179. The Balaban J connectivity index is 2.83. The molecule has 0 radical (unpaired) electrons. The molecule has 1 aromatic heterocycles. The summed E-state index contributed by atoms with van der Waals surface area (Å²) in [5.74, 6) is -0.982. The highest BCUT2D eigenvalue weighted by Gasteiger charge is 2.09. The first-order chi connectivity index (χ1) is 7.17. The van der Waals surface area contributed by atoms with Crippen LogP contribution in [0.15, 0.2) is 23.4 Å². The van der Waals surface area contributed by atoms with Crippen LogP contribution in [-0.2, 0) is 0 Å². The highest BCUT2D eigenvalue weighted by atomic mass is 32.2. The van der Waals surface area contributed by atoms with Crippen LogP contribution in [0.4, 0.5) is 0 Å². The maximum Gasteiger partial charge on any atom is 0.335 e. The zero-order chi connectivity index (χ0) is 11.3. The summed E-state index contributed by atoms with van der Waals surface area (Å²) in [6.45, 7) is 1.90. The third kappa shape index (κ3) is 3.26. The summed E-state index contributed by atoms with van der Waals surface area (Å²) in [6, 6.07) is 5.03. The van der Waals surface area contributed by atoms with Crippen molar-refractivity contribution in [2.75, 3.05) is 0 Å². The summed E-state index contributed by atoms with van der Waals surface area (Å²) in [4.78, 5) is 14.7. The van der Waals surface area contributed by atoms with Crippen LogP contribution in [0, 0.1) is 11.3 Å². The first-order valence-corrected chi connectivity index (χ1v) is 5.31. The second kappa shape index (κ2) is 5.37. The lowest BCUT2D eigenvalue weighted by molar-refractivity contribution is 0.0696. The topological polar surface area (TPSA) is 74.0 Å². The van der Waals surface area contributed by atoms with Gasteiger partial charge >= 0.3 is 5.97 Å². The number of aromatic nitrogens is 1. The number of carboxylic acid groups (broad SMARTS) is 1. The largest absolute Gasteiger partial charge is 0.478 e. The molecule has 78 valence electrons. The molecule has 0 saturated carbocycles. The molecule has 1 rings (SSSR count). The van der Waals surface area contributed by atoms with E-state index in [2.05, 4.69) is 11.1 Å².